The van der Waals surface area contributed by atoms with Crippen molar-refractivity contribution in [3.05, 3.63) is 35.9 Å². The Bertz CT molecular complexity index is 425. The van der Waals surface area contributed by atoms with Crippen LogP contribution in [0.2, 0.25) is 0 Å². The van der Waals surface area contributed by atoms with Crippen LogP contribution in [0, 0.1) is 11.3 Å². The third-order valence-electron chi connectivity index (χ3n) is 2.93. The highest BCUT2D eigenvalue weighted by Crippen LogP contribution is 2.08. The summed E-state index contributed by atoms with van der Waals surface area (Å²) in [5.74, 6) is -0.0497. The zero-order valence-corrected chi connectivity index (χ0v) is 11.4. The summed E-state index contributed by atoms with van der Waals surface area (Å²) < 4.78 is 0. The van der Waals surface area contributed by atoms with Gasteiger partial charge < -0.3 is 10.6 Å². The molecule has 2 N–H and O–H groups in total. The molecule has 0 aliphatic heterocycles. The van der Waals surface area contributed by atoms with E-state index in [0.29, 0.717) is 13.0 Å². The third kappa shape index (κ3) is 5.54. The topological polar surface area (TPSA) is 70.1 Å². The third-order valence-corrected chi connectivity index (χ3v) is 2.93. The monoisotopic (exact) mass is 259 g/mol. The molecule has 1 amide bonds. The highest BCUT2D eigenvalue weighted by Gasteiger charge is 2.16. The van der Waals surface area contributed by atoms with Gasteiger partial charge >= 0.3 is 0 Å². The molecule has 0 aromatic heterocycles. The molecule has 4 heteroatoms. The summed E-state index contributed by atoms with van der Waals surface area (Å²) in [6, 6.07) is 11.6. The van der Waals surface area contributed by atoms with Gasteiger partial charge in [0.15, 0.2) is 0 Å². The van der Waals surface area contributed by atoms with Crippen molar-refractivity contribution in [3.63, 3.8) is 0 Å². The van der Waals surface area contributed by atoms with Crippen LogP contribution in [0.5, 0.6) is 0 Å². The van der Waals surface area contributed by atoms with Crippen molar-refractivity contribution >= 4 is 5.91 Å². The molecule has 1 aromatic carbocycles. The van der Waals surface area contributed by atoms with Crippen LogP contribution < -0.4 is 5.73 Å². The van der Waals surface area contributed by atoms with Gasteiger partial charge in [-0.3, -0.25) is 4.79 Å². The first-order valence-corrected chi connectivity index (χ1v) is 6.61. The van der Waals surface area contributed by atoms with Crippen molar-refractivity contribution < 1.29 is 4.79 Å². The Morgan fingerprint density at radius 1 is 1.42 bits per heavy atom. The average Bonchev–Trinajstić information content (AvgIpc) is 2.39. The smallest absolute Gasteiger partial charge is 0.225 e. The van der Waals surface area contributed by atoms with E-state index in [1.165, 1.54) is 0 Å². The summed E-state index contributed by atoms with van der Waals surface area (Å²) in [7, 11) is 0. The Morgan fingerprint density at radius 2 is 2.11 bits per heavy atom. The maximum atomic E-state index is 12.1. The van der Waals surface area contributed by atoms with Crippen LogP contribution in [-0.2, 0) is 11.3 Å². The molecule has 1 rings (SSSR count). The van der Waals surface area contributed by atoms with Gasteiger partial charge in [0.25, 0.3) is 0 Å². The van der Waals surface area contributed by atoms with Crippen LogP contribution in [0.15, 0.2) is 30.3 Å². The predicted octanol–water partition coefficient (Wildman–Crippen LogP) is 2.06. The molecule has 19 heavy (non-hydrogen) atoms. The zero-order chi connectivity index (χ0) is 14.1. The van der Waals surface area contributed by atoms with Gasteiger partial charge in [-0.25, -0.2) is 0 Å². The predicted molar refractivity (Wildman–Crippen MR) is 75.0 cm³/mol. The van der Waals surface area contributed by atoms with Crippen molar-refractivity contribution in [2.45, 2.75) is 38.8 Å². The molecule has 0 radical (unpaired) electrons. The van der Waals surface area contributed by atoms with E-state index < -0.39 is 0 Å². The molecule has 0 fully saturated rings. The minimum Gasteiger partial charge on any atom is -0.327 e. The normalized spacial score (nSPS) is 11.6. The van der Waals surface area contributed by atoms with Crippen LogP contribution in [0.4, 0.5) is 0 Å². The van der Waals surface area contributed by atoms with Crippen molar-refractivity contribution in [2.75, 3.05) is 6.54 Å². The molecule has 1 unspecified atom stereocenters. The molecule has 0 saturated heterocycles. The second kappa shape index (κ2) is 8.28. The molecule has 1 aromatic rings. The van der Waals surface area contributed by atoms with Crippen LogP contribution in [0.3, 0.4) is 0 Å². The summed E-state index contributed by atoms with van der Waals surface area (Å²) in [5, 5.41) is 8.83. The number of hydrogen-bond acceptors (Lipinski definition) is 3. The SMILES string of the molecule is CCCC(N)CC(=O)N(CC#N)Cc1ccccc1. The van der Waals surface area contributed by atoms with E-state index in [1.807, 2.05) is 43.3 Å². The Hall–Kier alpha value is -1.86. The van der Waals surface area contributed by atoms with E-state index in [2.05, 4.69) is 0 Å². The molecule has 0 saturated carbocycles. The largest absolute Gasteiger partial charge is 0.327 e. The molecule has 0 heterocycles. The standard InChI is InChI=1S/C15H21N3O/c1-2-6-14(17)11-15(19)18(10-9-16)12-13-7-4-3-5-8-13/h3-5,7-8,14H,2,6,10-12,17H2,1H3. The highest BCUT2D eigenvalue weighted by atomic mass is 16.2. The van der Waals surface area contributed by atoms with Crippen LogP contribution in [0.1, 0.15) is 31.7 Å². The molecule has 4 nitrogen and oxygen atoms in total. The average molecular weight is 259 g/mol. The lowest BCUT2D eigenvalue weighted by molar-refractivity contribution is -0.131. The van der Waals surface area contributed by atoms with Crippen LogP contribution >= 0.6 is 0 Å². The van der Waals surface area contributed by atoms with E-state index in [9.17, 15) is 4.79 Å². The van der Waals surface area contributed by atoms with Crippen molar-refractivity contribution in [2.24, 2.45) is 5.73 Å². The maximum Gasteiger partial charge on any atom is 0.225 e. The molecular formula is C15H21N3O. The Morgan fingerprint density at radius 3 is 2.68 bits per heavy atom. The summed E-state index contributed by atoms with van der Waals surface area (Å²) in [6.07, 6.45) is 2.10. The van der Waals surface area contributed by atoms with Gasteiger partial charge in [0.1, 0.15) is 6.54 Å². The number of rotatable bonds is 7. The number of nitrogens with zero attached hydrogens (tertiary/aromatic N) is 2. The minimum absolute atomic E-state index is 0.0497. The first-order chi connectivity index (χ1) is 9.17. The zero-order valence-electron chi connectivity index (χ0n) is 11.4. The second-order valence-corrected chi connectivity index (χ2v) is 4.65. The maximum absolute atomic E-state index is 12.1. The Kier molecular flexibility index (Phi) is 6.62. The summed E-state index contributed by atoms with van der Waals surface area (Å²) in [4.78, 5) is 13.7. The fourth-order valence-electron chi connectivity index (χ4n) is 1.95. The van der Waals surface area contributed by atoms with Crippen LogP contribution in [0.25, 0.3) is 0 Å². The van der Waals surface area contributed by atoms with E-state index in [0.717, 1.165) is 18.4 Å². The van der Waals surface area contributed by atoms with Gasteiger partial charge in [-0.05, 0) is 12.0 Å². The molecular weight excluding hydrogens is 238 g/mol. The molecule has 102 valence electrons. The number of nitrogens with two attached hydrogens (primary N) is 1. The minimum atomic E-state index is -0.116. The van der Waals surface area contributed by atoms with E-state index in [1.54, 1.807) is 4.90 Å². The van der Waals surface area contributed by atoms with Gasteiger partial charge in [0.2, 0.25) is 5.91 Å². The number of carbonyl (C=O) groups excluding carboxylic acids is 1. The lowest BCUT2D eigenvalue weighted by Crippen LogP contribution is -2.35. The van der Waals surface area contributed by atoms with E-state index >= 15 is 0 Å². The van der Waals surface area contributed by atoms with Crippen LogP contribution in [-0.4, -0.2) is 23.4 Å². The van der Waals surface area contributed by atoms with Crippen molar-refractivity contribution in [1.82, 2.24) is 4.90 Å². The number of hydrogen-bond donors (Lipinski definition) is 1. The van der Waals surface area contributed by atoms with Gasteiger partial charge in [0, 0.05) is 19.0 Å². The van der Waals surface area contributed by atoms with Gasteiger partial charge in [-0.1, -0.05) is 43.7 Å². The summed E-state index contributed by atoms with van der Waals surface area (Å²) in [5.41, 5.74) is 6.91. The Balaban J connectivity index is 2.61. The Labute approximate surface area is 114 Å². The molecule has 0 bridgehead atoms. The number of benzene rings is 1. The van der Waals surface area contributed by atoms with Gasteiger partial charge in [-0.2, -0.15) is 5.26 Å². The number of carbonyl (C=O) groups is 1. The van der Waals surface area contributed by atoms with Gasteiger partial charge in [0.05, 0.1) is 6.07 Å². The molecule has 0 aliphatic rings. The first-order valence-electron chi connectivity index (χ1n) is 6.61. The highest BCUT2D eigenvalue weighted by molar-refractivity contribution is 5.77. The number of nitriles is 1. The van der Waals surface area contributed by atoms with Crippen molar-refractivity contribution in [3.8, 4) is 6.07 Å². The first kappa shape index (κ1) is 15.2. The molecule has 0 spiro atoms. The summed E-state index contributed by atoms with van der Waals surface area (Å²) in [6.45, 7) is 2.61. The fourth-order valence-corrected chi connectivity index (χ4v) is 1.95. The quantitative estimate of drug-likeness (QED) is 0.762. The van der Waals surface area contributed by atoms with Crippen molar-refractivity contribution in [1.29, 1.82) is 5.26 Å². The van der Waals surface area contributed by atoms with E-state index in [4.69, 9.17) is 11.0 Å². The summed E-state index contributed by atoms with van der Waals surface area (Å²) >= 11 is 0. The lowest BCUT2D eigenvalue weighted by Gasteiger charge is -2.21. The van der Waals surface area contributed by atoms with E-state index in [-0.39, 0.29) is 18.5 Å². The molecule has 1 atom stereocenters. The molecule has 0 aliphatic carbocycles. The second-order valence-electron chi connectivity index (χ2n) is 4.65. The lowest BCUT2D eigenvalue weighted by atomic mass is 10.1. The fraction of sp³-hybridized carbons (Fsp3) is 0.467. The number of amides is 1. The van der Waals surface area contributed by atoms with Gasteiger partial charge in [-0.15, -0.1) is 0 Å².